The van der Waals surface area contributed by atoms with E-state index < -0.39 is 0 Å². The van der Waals surface area contributed by atoms with Crippen molar-refractivity contribution in [3.05, 3.63) is 46.0 Å². The number of ether oxygens (including phenoxy) is 1. The summed E-state index contributed by atoms with van der Waals surface area (Å²) in [7, 11) is 0. The van der Waals surface area contributed by atoms with E-state index in [0.29, 0.717) is 18.1 Å². The summed E-state index contributed by atoms with van der Waals surface area (Å²) in [4.78, 5) is 18.8. The first-order valence-electron chi connectivity index (χ1n) is 11.7. The first-order chi connectivity index (χ1) is 15.3. The van der Waals surface area contributed by atoms with E-state index in [9.17, 15) is 4.79 Å². The van der Waals surface area contributed by atoms with Crippen LogP contribution in [0.1, 0.15) is 71.3 Å². The van der Waals surface area contributed by atoms with E-state index in [0.717, 1.165) is 54.8 Å². The van der Waals surface area contributed by atoms with Gasteiger partial charge in [-0.05, 0) is 93.7 Å². The summed E-state index contributed by atoms with van der Waals surface area (Å²) in [5.74, 6) is 2.19. The number of benzene rings is 1. The molecule has 0 unspecified atom stereocenters. The molecule has 8 nitrogen and oxygen atoms in total. The molecule has 1 atom stereocenters. The van der Waals surface area contributed by atoms with E-state index in [1.165, 1.54) is 0 Å². The maximum absolute atomic E-state index is 13.3. The fourth-order valence-electron chi connectivity index (χ4n) is 4.39. The summed E-state index contributed by atoms with van der Waals surface area (Å²) < 4.78 is 7.58. The third kappa shape index (κ3) is 4.28. The van der Waals surface area contributed by atoms with Crippen LogP contribution in [0.4, 0.5) is 0 Å². The molecule has 32 heavy (non-hydrogen) atoms. The van der Waals surface area contributed by atoms with Crippen molar-refractivity contribution in [2.75, 3.05) is 19.7 Å². The molecule has 0 radical (unpaired) electrons. The van der Waals surface area contributed by atoms with Gasteiger partial charge in [-0.2, -0.15) is 0 Å². The average Bonchev–Trinajstić information content (AvgIpc) is 3.26. The molecular formula is C24H34N6O2. The van der Waals surface area contributed by atoms with Crippen molar-refractivity contribution in [2.45, 2.75) is 65.5 Å². The van der Waals surface area contributed by atoms with E-state index in [4.69, 9.17) is 4.74 Å². The summed E-state index contributed by atoms with van der Waals surface area (Å²) in [5, 5.41) is 13.8. The summed E-state index contributed by atoms with van der Waals surface area (Å²) in [6.07, 6.45) is 3.06. The van der Waals surface area contributed by atoms with E-state index in [2.05, 4.69) is 53.1 Å². The third-order valence-electron chi connectivity index (χ3n) is 6.81. The second-order valence-corrected chi connectivity index (χ2v) is 9.47. The number of piperidine rings is 1. The molecule has 0 saturated carbocycles. The smallest absolute Gasteiger partial charge is 0.253 e. The Hall–Kier alpha value is -2.74. The van der Waals surface area contributed by atoms with E-state index >= 15 is 0 Å². The molecule has 0 amide bonds. The van der Waals surface area contributed by atoms with Crippen LogP contribution in [0.3, 0.4) is 0 Å². The van der Waals surface area contributed by atoms with Crippen LogP contribution < -0.4 is 10.3 Å². The number of rotatable bonds is 7. The summed E-state index contributed by atoms with van der Waals surface area (Å²) in [5.41, 5.74) is 1.10. The minimum absolute atomic E-state index is 0.103. The van der Waals surface area contributed by atoms with Crippen molar-refractivity contribution < 1.29 is 4.74 Å². The minimum atomic E-state index is -0.313. The molecule has 0 spiro atoms. The lowest BCUT2D eigenvalue weighted by Gasteiger charge is -2.37. The van der Waals surface area contributed by atoms with Gasteiger partial charge < -0.3 is 9.72 Å². The zero-order valence-corrected chi connectivity index (χ0v) is 19.8. The maximum Gasteiger partial charge on any atom is 0.253 e. The Labute approximate surface area is 189 Å². The van der Waals surface area contributed by atoms with Crippen molar-refractivity contribution >= 4 is 10.9 Å². The molecule has 1 aromatic carbocycles. The van der Waals surface area contributed by atoms with Crippen LogP contribution >= 0.6 is 0 Å². The molecule has 1 saturated heterocycles. The number of aromatic nitrogens is 5. The highest BCUT2D eigenvalue weighted by molar-refractivity contribution is 5.80. The molecule has 2 aromatic heterocycles. The maximum atomic E-state index is 13.3. The Morgan fingerprint density at radius 2 is 1.97 bits per heavy atom. The van der Waals surface area contributed by atoms with Gasteiger partial charge in [-0.25, -0.2) is 4.68 Å². The number of hydrogen-bond donors (Lipinski definition) is 1. The Bertz CT molecular complexity index is 1130. The fraction of sp³-hybridized carbons (Fsp3) is 0.583. The molecule has 1 aliphatic rings. The number of hydrogen-bond acceptors (Lipinski definition) is 6. The molecule has 4 rings (SSSR count). The molecular weight excluding hydrogens is 404 g/mol. The van der Waals surface area contributed by atoms with Crippen LogP contribution in [0.15, 0.2) is 29.1 Å². The number of nitrogens with one attached hydrogen (secondary N) is 1. The van der Waals surface area contributed by atoms with Crippen LogP contribution in [0.25, 0.3) is 10.9 Å². The highest BCUT2D eigenvalue weighted by Gasteiger charge is 2.35. The minimum Gasteiger partial charge on any atom is -0.494 e. The lowest BCUT2D eigenvalue weighted by molar-refractivity contribution is 0.143. The second kappa shape index (κ2) is 9.02. The van der Waals surface area contributed by atoms with Crippen molar-refractivity contribution in [2.24, 2.45) is 5.92 Å². The van der Waals surface area contributed by atoms with E-state index in [1.807, 2.05) is 35.9 Å². The lowest BCUT2D eigenvalue weighted by atomic mass is 9.94. The van der Waals surface area contributed by atoms with Gasteiger partial charge in [0.15, 0.2) is 5.82 Å². The predicted octanol–water partition coefficient (Wildman–Crippen LogP) is 3.88. The van der Waals surface area contributed by atoms with Gasteiger partial charge in [0.1, 0.15) is 11.8 Å². The second-order valence-electron chi connectivity index (χ2n) is 9.47. The van der Waals surface area contributed by atoms with Gasteiger partial charge in [0.2, 0.25) is 0 Å². The third-order valence-corrected chi connectivity index (χ3v) is 6.81. The lowest BCUT2D eigenvalue weighted by Crippen LogP contribution is -2.41. The number of fused-ring (bicyclic) bond motifs is 1. The van der Waals surface area contributed by atoms with Crippen LogP contribution in [0.5, 0.6) is 5.75 Å². The highest BCUT2D eigenvalue weighted by Crippen LogP contribution is 2.33. The molecule has 1 fully saturated rings. The van der Waals surface area contributed by atoms with Crippen LogP contribution in [-0.4, -0.2) is 49.8 Å². The van der Waals surface area contributed by atoms with Crippen molar-refractivity contribution in [1.29, 1.82) is 0 Å². The quantitative estimate of drug-likeness (QED) is 0.602. The van der Waals surface area contributed by atoms with Crippen LogP contribution in [0.2, 0.25) is 0 Å². The van der Waals surface area contributed by atoms with Crippen molar-refractivity contribution in [1.82, 2.24) is 30.1 Å². The Morgan fingerprint density at radius 3 is 2.66 bits per heavy atom. The molecule has 0 aliphatic carbocycles. The first-order valence-corrected chi connectivity index (χ1v) is 11.7. The molecule has 1 N–H and O–H groups in total. The Morgan fingerprint density at radius 1 is 1.22 bits per heavy atom. The van der Waals surface area contributed by atoms with Crippen LogP contribution in [0, 0.1) is 5.92 Å². The zero-order valence-electron chi connectivity index (χ0n) is 19.8. The molecule has 8 heteroatoms. The summed E-state index contributed by atoms with van der Waals surface area (Å²) in [6, 6.07) is 7.43. The van der Waals surface area contributed by atoms with Gasteiger partial charge in [-0.3, -0.25) is 9.69 Å². The number of likely N-dealkylation sites (tertiary alicyclic amines) is 1. The fourth-order valence-corrected chi connectivity index (χ4v) is 4.39. The van der Waals surface area contributed by atoms with Gasteiger partial charge in [-0.1, -0.05) is 13.8 Å². The molecule has 3 aromatic rings. The monoisotopic (exact) mass is 438 g/mol. The molecule has 1 aliphatic heterocycles. The van der Waals surface area contributed by atoms with Gasteiger partial charge in [-0.15, -0.1) is 5.10 Å². The van der Waals surface area contributed by atoms with Crippen molar-refractivity contribution in [3.63, 3.8) is 0 Å². The van der Waals surface area contributed by atoms with Gasteiger partial charge >= 0.3 is 0 Å². The van der Waals surface area contributed by atoms with Gasteiger partial charge in [0.05, 0.1) is 12.1 Å². The highest BCUT2D eigenvalue weighted by atomic mass is 16.5. The van der Waals surface area contributed by atoms with E-state index in [1.54, 1.807) is 0 Å². The number of pyridine rings is 1. The van der Waals surface area contributed by atoms with E-state index in [-0.39, 0.29) is 17.1 Å². The topological polar surface area (TPSA) is 88.9 Å². The van der Waals surface area contributed by atoms with Gasteiger partial charge in [0.25, 0.3) is 5.56 Å². The Balaban J connectivity index is 1.87. The SMILES string of the molecule is CCOc1ccc2[nH]c(=O)c([C@H](c3nnnn3C(C)(C)CC)N3CCC(C)CC3)cc2c1. The summed E-state index contributed by atoms with van der Waals surface area (Å²) >= 11 is 0. The van der Waals surface area contributed by atoms with Gasteiger partial charge in [0, 0.05) is 16.5 Å². The molecule has 3 heterocycles. The predicted molar refractivity (Wildman–Crippen MR) is 125 cm³/mol. The largest absolute Gasteiger partial charge is 0.494 e. The number of H-pyrrole nitrogens is 1. The molecule has 0 bridgehead atoms. The van der Waals surface area contributed by atoms with Crippen LogP contribution in [-0.2, 0) is 5.54 Å². The average molecular weight is 439 g/mol. The standard InChI is InChI=1S/C24H34N6O2/c1-6-24(4,5)30-22(26-27-28-30)21(29-12-10-16(3)11-13-29)19-15-17-14-18(32-7-2)8-9-20(17)25-23(19)31/h8-9,14-16,21H,6-7,10-13H2,1-5H3,(H,25,31)/t21-/m1/s1. The summed E-state index contributed by atoms with van der Waals surface area (Å²) in [6.45, 7) is 13.0. The number of aromatic amines is 1. The number of tetrazole rings is 1. The first kappa shape index (κ1) is 22.5. The Kier molecular flexibility index (Phi) is 6.33. The van der Waals surface area contributed by atoms with Crippen molar-refractivity contribution in [3.8, 4) is 5.75 Å². The number of nitrogens with zero attached hydrogens (tertiary/aromatic N) is 5. The normalized spacial score (nSPS) is 17.0. The molecule has 172 valence electrons. The zero-order chi connectivity index (χ0) is 22.9.